The van der Waals surface area contributed by atoms with Gasteiger partial charge in [0, 0.05) is 6.61 Å². The summed E-state index contributed by atoms with van der Waals surface area (Å²) in [5.74, 6) is 0. The van der Waals surface area contributed by atoms with E-state index in [0.29, 0.717) is 0 Å². The number of ether oxygens (including phenoxy) is 1. The van der Waals surface area contributed by atoms with Crippen molar-refractivity contribution in [2.45, 2.75) is 32.1 Å². The second-order valence-electron chi connectivity index (χ2n) is 2.48. The Morgan fingerprint density at radius 1 is 1.44 bits per heavy atom. The molecule has 56 valence electrons. The van der Waals surface area contributed by atoms with E-state index in [1.165, 1.54) is 0 Å². The van der Waals surface area contributed by atoms with Gasteiger partial charge in [-0.1, -0.05) is 7.43 Å². The molecule has 1 unspecified atom stereocenters. The highest BCUT2D eigenvalue weighted by atomic mass is 28.1. The smallest absolute Gasteiger partial charge is 0.138 e. The maximum Gasteiger partial charge on any atom is 0.138 e. The second-order valence-corrected chi connectivity index (χ2v) is 4.04. The molecule has 1 aliphatic rings. The SMILES string of the molecule is C.OC1([SiH3])CCCCO1. The lowest BCUT2D eigenvalue weighted by molar-refractivity contribution is -0.161. The zero-order valence-electron chi connectivity index (χ0n) is 5.18. The molecular weight excluding hydrogens is 132 g/mol. The standard InChI is InChI=1S/C5H12O2Si.CH4/c6-5(8)3-1-2-4-7-5;/h6H,1-4H2,8H3;1H4. The molecule has 1 N–H and O–H groups in total. The minimum absolute atomic E-state index is 0. The van der Waals surface area contributed by atoms with Crippen molar-refractivity contribution < 1.29 is 9.84 Å². The van der Waals surface area contributed by atoms with Crippen molar-refractivity contribution in [3.05, 3.63) is 0 Å². The Bertz CT molecular complexity index is 75.1. The first kappa shape index (κ1) is 9.14. The first-order valence-corrected chi connectivity index (χ1v) is 4.07. The predicted molar refractivity (Wildman–Crippen MR) is 41.4 cm³/mol. The third kappa shape index (κ3) is 2.98. The van der Waals surface area contributed by atoms with E-state index in [9.17, 15) is 5.11 Å². The van der Waals surface area contributed by atoms with Crippen molar-refractivity contribution in [3.63, 3.8) is 0 Å². The van der Waals surface area contributed by atoms with Gasteiger partial charge in [-0.15, -0.1) is 0 Å². The number of aliphatic hydroxyl groups is 1. The van der Waals surface area contributed by atoms with Gasteiger partial charge in [0.15, 0.2) is 0 Å². The maximum absolute atomic E-state index is 9.21. The predicted octanol–water partition coefficient (Wildman–Crippen LogP) is -0.166. The van der Waals surface area contributed by atoms with Gasteiger partial charge in [-0.05, 0) is 19.3 Å². The van der Waals surface area contributed by atoms with Gasteiger partial charge in [0.25, 0.3) is 0 Å². The highest BCUT2D eigenvalue weighted by molar-refractivity contribution is 6.13. The van der Waals surface area contributed by atoms with E-state index in [1.807, 2.05) is 0 Å². The fourth-order valence-electron chi connectivity index (χ4n) is 0.919. The van der Waals surface area contributed by atoms with Crippen LogP contribution in [0, 0.1) is 0 Å². The minimum Gasteiger partial charge on any atom is -0.370 e. The molecule has 1 atom stereocenters. The molecule has 0 aliphatic carbocycles. The normalized spacial score (nSPS) is 35.7. The third-order valence-electron chi connectivity index (χ3n) is 1.45. The van der Waals surface area contributed by atoms with Crippen LogP contribution >= 0.6 is 0 Å². The lowest BCUT2D eigenvalue weighted by atomic mass is 10.2. The van der Waals surface area contributed by atoms with Gasteiger partial charge in [0.2, 0.25) is 0 Å². The van der Waals surface area contributed by atoms with Gasteiger partial charge in [-0.2, -0.15) is 0 Å². The summed E-state index contributed by atoms with van der Waals surface area (Å²) in [4.78, 5) is 0. The van der Waals surface area contributed by atoms with Gasteiger partial charge >= 0.3 is 0 Å². The summed E-state index contributed by atoms with van der Waals surface area (Å²) in [5, 5.41) is 9.21. The van der Waals surface area contributed by atoms with Crippen LogP contribution in [0.2, 0.25) is 0 Å². The summed E-state index contributed by atoms with van der Waals surface area (Å²) in [5.41, 5.74) is -0.682. The molecule has 0 spiro atoms. The molecular formula is C6H16O2Si. The van der Waals surface area contributed by atoms with Crippen LogP contribution in [0.15, 0.2) is 0 Å². The minimum atomic E-state index is -0.682. The fourth-order valence-corrected chi connectivity index (χ4v) is 1.48. The van der Waals surface area contributed by atoms with Crippen LogP contribution in [0.4, 0.5) is 0 Å². The van der Waals surface area contributed by atoms with Crippen LogP contribution in [0.1, 0.15) is 26.7 Å². The van der Waals surface area contributed by atoms with Crippen LogP contribution < -0.4 is 0 Å². The summed E-state index contributed by atoms with van der Waals surface area (Å²) >= 11 is 0. The van der Waals surface area contributed by atoms with Gasteiger partial charge in [0.1, 0.15) is 5.41 Å². The number of hydrogen-bond donors (Lipinski definition) is 1. The van der Waals surface area contributed by atoms with Gasteiger partial charge < -0.3 is 9.84 Å². The highest BCUT2D eigenvalue weighted by Gasteiger charge is 2.22. The molecule has 1 rings (SSSR count). The molecule has 1 aliphatic heterocycles. The zero-order chi connectivity index (χ0) is 6.04. The Labute approximate surface area is 59.6 Å². The molecule has 0 aromatic carbocycles. The van der Waals surface area contributed by atoms with Crippen molar-refractivity contribution in [2.24, 2.45) is 0 Å². The van der Waals surface area contributed by atoms with Gasteiger partial charge in [0.05, 0.1) is 10.2 Å². The number of rotatable bonds is 0. The molecule has 1 saturated heterocycles. The van der Waals surface area contributed by atoms with E-state index in [-0.39, 0.29) is 7.43 Å². The van der Waals surface area contributed by atoms with E-state index >= 15 is 0 Å². The van der Waals surface area contributed by atoms with Crippen LogP contribution in [0.3, 0.4) is 0 Å². The van der Waals surface area contributed by atoms with Gasteiger partial charge in [-0.3, -0.25) is 0 Å². The van der Waals surface area contributed by atoms with E-state index < -0.39 is 5.41 Å². The van der Waals surface area contributed by atoms with Crippen molar-refractivity contribution in [1.29, 1.82) is 0 Å². The first-order valence-electron chi connectivity index (χ1n) is 3.07. The Hall–Kier alpha value is 0.137. The highest BCUT2D eigenvalue weighted by Crippen LogP contribution is 2.17. The summed E-state index contributed by atoms with van der Waals surface area (Å²) in [6.07, 6.45) is 3.09. The average Bonchev–Trinajstić information content (AvgIpc) is 1.65. The molecule has 9 heavy (non-hydrogen) atoms. The first-order chi connectivity index (χ1) is 3.71. The second kappa shape index (κ2) is 3.34. The topological polar surface area (TPSA) is 29.5 Å². The average molecular weight is 148 g/mol. The summed E-state index contributed by atoms with van der Waals surface area (Å²) in [6.45, 7) is 0.750. The molecule has 1 heterocycles. The molecule has 0 bridgehead atoms. The lowest BCUT2D eigenvalue weighted by Gasteiger charge is -2.28. The van der Waals surface area contributed by atoms with E-state index in [0.717, 1.165) is 36.1 Å². The fraction of sp³-hybridized carbons (Fsp3) is 1.00. The molecule has 3 heteroatoms. The largest absolute Gasteiger partial charge is 0.370 e. The van der Waals surface area contributed by atoms with Crippen molar-refractivity contribution >= 4 is 10.2 Å². The van der Waals surface area contributed by atoms with Crippen LogP contribution in [0.25, 0.3) is 0 Å². The molecule has 0 radical (unpaired) electrons. The monoisotopic (exact) mass is 148 g/mol. The maximum atomic E-state index is 9.21. The van der Waals surface area contributed by atoms with Crippen LogP contribution in [-0.2, 0) is 4.74 Å². The lowest BCUT2D eigenvalue weighted by Crippen LogP contribution is -2.36. The van der Waals surface area contributed by atoms with Crippen molar-refractivity contribution in [2.75, 3.05) is 6.61 Å². The summed E-state index contributed by atoms with van der Waals surface area (Å²) in [7, 11) is 0.743. The molecule has 1 fully saturated rings. The summed E-state index contributed by atoms with van der Waals surface area (Å²) < 4.78 is 5.08. The Morgan fingerprint density at radius 3 is 2.33 bits per heavy atom. The third-order valence-corrected chi connectivity index (χ3v) is 2.24. The molecule has 0 aromatic rings. The quantitative estimate of drug-likeness (QED) is 0.484. The van der Waals surface area contributed by atoms with Crippen molar-refractivity contribution in [1.82, 2.24) is 0 Å². The van der Waals surface area contributed by atoms with Crippen LogP contribution in [-0.4, -0.2) is 27.4 Å². The Balaban J connectivity index is 0.000000640. The van der Waals surface area contributed by atoms with E-state index in [2.05, 4.69) is 0 Å². The molecule has 0 aromatic heterocycles. The molecule has 2 nitrogen and oxygen atoms in total. The van der Waals surface area contributed by atoms with E-state index in [1.54, 1.807) is 0 Å². The Kier molecular flexibility index (Phi) is 3.39. The van der Waals surface area contributed by atoms with Crippen LogP contribution in [0.5, 0.6) is 0 Å². The van der Waals surface area contributed by atoms with Crippen molar-refractivity contribution in [3.8, 4) is 0 Å². The van der Waals surface area contributed by atoms with Gasteiger partial charge in [-0.25, -0.2) is 0 Å². The molecule has 0 saturated carbocycles. The Morgan fingerprint density at radius 2 is 2.11 bits per heavy atom. The zero-order valence-corrected chi connectivity index (χ0v) is 7.18. The molecule has 0 amide bonds. The summed E-state index contributed by atoms with van der Waals surface area (Å²) in [6, 6.07) is 0. The van der Waals surface area contributed by atoms with E-state index in [4.69, 9.17) is 4.74 Å². The number of hydrogen-bond acceptors (Lipinski definition) is 2.